The predicted molar refractivity (Wildman–Crippen MR) is 189 cm³/mol. The van der Waals surface area contributed by atoms with E-state index in [0.29, 0.717) is 0 Å². The molecule has 0 radical (unpaired) electrons. The molecule has 0 saturated carbocycles. The number of carbonyl (C=O) groups excluding carboxylic acids is 5. The van der Waals surface area contributed by atoms with Crippen molar-refractivity contribution >= 4 is 41.6 Å². The Labute approximate surface area is 349 Å². The van der Waals surface area contributed by atoms with Gasteiger partial charge in [0.1, 0.15) is 35.6 Å². The number of phenols is 2. The molecule has 1 heterocycles. The Balaban J connectivity index is 0.000000545. The van der Waals surface area contributed by atoms with Gasteiger partial charge >= 0.3 is 29.6 Å². The average Bonchev–Trinajstić information content (AvgIpc) is 3.12. The number of methoxy groups -OCH3 is 1. The molecule has 0 unspecified atom stereocenters. The first-order chi connectivity index (χ1) is 25.2. The molecule has 1 fully saturated rings. The molecule has 304 valence electrons. The summed E-state index contributed by atoms with van der Waals surface area (Å²) < 4.78 is 17.0. The van der Waals surface area contributed by atoms with Crippen LogP contribution in [0.25, 0.3) is 0 Å². The van der Waals surface area contributed by atoms with Crippen LogP contribution in [0.5, 0.6) is 17.2 Å². The van der Waals surface area contributed by atoms with Gasteiger partial charge in [0.25, 0.3) is 0 Å². The van der Waals surface area contributed by atoms with Crippen LogP contribution in [-0.2, 0) is 30.3 Å². The van der Waals surface area contributed by atoms with Gasteiger partial charge in [-0.2, -0.15) is 0 Å². The van der Waals surface area contributed by atoms with Crippen molar-refractivity contribution in [1.29, 1.82) is 0 Å². The Morgan fingerprint density at radius 2 is 1.73 bits per heavy atom. The first kappa shape index (κ1) is 48.9. The molecular weight excluding hydrogens is 775 g/mol. The molecule has 2 aromatic carbocycles. The van der Waals surface area contributed by atoms with E-state index in [9.17, 15) is 59.7 Å². The summed E-state index contributed by atoms with van der Waals surface area (Å²) in [6, 6.07) is 3.64. The maximum Gasteiger partial charge on any atom is 1.00 e. The molecule has 3 aliphatic rings. The second-order valence-electron chi connectivity index (χ2n) is 14.1. The molecule has 5 rings (SSSR count). The number of aliphatic carboxylic acids is 1. The summed E-state index contributed by atoms with van der Waals surface area (Å²) >= 11 is 0. The van der Waals surface area contributed by atoms with E-state index in [2.05, 4.69) is 5.32 Å². The molecule has 0 bridgehead atoms. The van der Waals surface area contributed by atoms with Gasteiger partial charge in [0, 0.05) is 66.3 Å². The fourth-order valence-electron chi connectivity index (χ4n) is 6.58. The van der Waals surface area contributed by atoms with Crippen LogP contribution >= 0.6 is 12.4 Å². The molecule has 7 atom stereocenters. The first-order valence-electron chi connectivity index (χ1n) is 17.0. The van der Waals surface area contributed by atoms with E-state index in [1.807, 2.05) is 0 Å². The van der Waals surface area contributed by atoms with Gasteiger partial charge in [0.15, 0.2) is 17.9 Å². The van der Waals surface area contributed by atoms with E-state index < -0.39 is 119 Å². The van der Waals surface area contributed by atoms with Gasteiger partial charge in [0.05, 0.1) is 48.7 Å². The number of ketones is 3. The number of phenolic OH excluding ortho intramolecular Hbond substituents is 2. The van der Waals surface area contributed by atoms with Crippen molar-refractivity contribution in [1.82, 2.24) is 5.32 Å². The zero-order chi connectivity index (χ0) is 40.4. The number of amides is 1. The van der Waals surface area contributed by atoms with Gasteiger partial charge < -0.3 is 70.9 Å². The van der Waals surface area contributed by atoms with Crippen LogP contribution in [0.15, 0.2) is 18.2 Å². The third-order valence-corrected chi connectivity index (χ3v) is 9.83. The Hall–Kier alpha value is -3.24. The molecule has 2 aromatic rings. The van der Waals surface area contributed by atoms with Gasteiger partial charge in [0.2, 0.25) is 11.7 Å². The third kappa shape index (κ3) is 9.71. The number of benzene rings is 2. The van der Waals surface area contributed by atoms with Gasteiger partial charge in [-0.05, 0) is 13.0 Å². The molecule has 1 amide bonds. The maximum atomic E-state index is 13.6. The van der Waals surface area contributed by atoms with Crippen LogP contribution in [-0.4, -0.2) is 128 Å². The van der Waals surface area contributed by atoms with Crippen molar-refractivity contribution in [2.45, 2.75) is 88.8 Å². The topological polar surface area (TPSA) is 316 Å². The number of aliphatic hydroxyl groups is 5. The van der Waals surface area contributed by atoms with E-state index in [-0.39, 0.29) is 96.0 Å². The van der Waals surface area contributed by atoms with Crippen molar-refractivity contribution in [3.63, 3.8) is 0 Å². The van der Waals surface area contributed by atoms with Crippen LogP contribution in [0.4, 0.5) is 0 Å². The summed E-state index contributed by atoms with van der Waals surface area (Å²) in [7, 11) is 1.32. The fraction of sp³-hybridized carbons (Fsp3) is 0.528. The minimum atomic E-state index is -2.24. The van der Waals surface area contributed by atoms with Gasteiger partial charge in [-0.25, -0.2) is 0 Å². The number of aliphatic hydroxyl groups excluding tert-OH is 4. The number of Topliss-reactive ketones (excluding diaryl/α,β-unsaturated/α-hetero) is 1. The second-order valence-corrected chi connectivity index (χ2v) is 14.1. The van der Waals surface area contributed by atoms with E-state index in [0.717, 1.165) is 0 Å². The van der Waals surface area contributed by atoms with Crippen LogP contribution in [0.3, 0.4) is 0 Å². The SMILES string of the molecule is CC(C)(CO)[C@@H](O)C(=O)NCCC(=O)[O-].COc1cccc2c1C(=O)c1c(O)c3c(c(O)c1C2=O)C[C@@](O)(C(=O)CO)C[C@@H]3O[C@H]1C[C@H](N)[C@H](O)[C@H](C)O1.Cl.[Na+]. The minimum absolute atomic E-state index is 0. The van der Waals surface area contributed by atoms with Crippen molar-refractivity contribution in [2.24, 2.45) is 11.1 Å². The monoisotopic (exact) mass is 820 g/mol. The standard InChI is InChI=1S/C27H29NO11.C9H17NO5.ClH.Na/c1-10-22(31)13(28)6-17(38-10)39-15-8-27(36,16(30)9-29)7-12-19(15)26(35)21-20(24(12)33)23(32)11-4-3-5-14(37-2)18(11)25(21)34;1-9(2,5-11)7(14)8(15)10-4-3-6(12)13;;/h3-5,10,13,15,17,22,29,31,33,35-36H,6-9,28H2,1-2H3;7,11,14H,3-5H2,1-2H3,(H,10,15)(H,12,13);1H;/q;;;+1/p-1/t10-,13-,15-,17-,22+,27-;7-;;/m00../s1. The number of carboxylic acid groups (broad SMARTS) is 1. The van der Waals surface area contributed by atoms with Crippen LogP contribution in [0.1, 0.15) is 89.1 Å². The summed E-state index contributed by atoms with van der Waals surface area (Å²) in [4.78, 5) is 61.0. The van der Waals surface area contributed by atoms with Gasteiger partial charge in [-0.1, -0.05) is 26.0 Å². The molecular formula is C36H46ClN2NaO16. The quantitative estimate of drug-likeness (QED) is 0.0646. The van der Waals surface area contributed by atoms with Crippen LogP contribution in [0.2, 0.25) is 0 Å². The van der Waals surface area contributed by atoms with E-state index in [4.69, 9.17) is 25.1 Å². The molecule has 56 heavy (non-hydrogen) atoms. The number of hydrogen-bond donors (Lipinski definition) is 9. The summed E-state index contributed by atoms with van der Waals surface area (Å²) in [6.07, 6.45) is -6.80. The Morgan fingerprint density at radius 1 is 1.11 bits per heavy atom. The molecule has 1 saturated heterocycles. The predicted octanol–water partition coefficient (Wildman–Crippen LogP) is -4.95. The van der Waals surface area contributed by atoms with Gasteiger partial charge in [-0.15, -0.1) is 12.4 Å². The van der Waals surface area contributed by atoms with Crippen molar-refractivity contribution in [2.75, 3.05) is 26.9 Å². The summed E-state index contributed by atoms with van der Waals surface area (Å²) in [5, 5.41) is 84.3. The first-order valence-corrected chi connectivity index (χ1v) is 17.0. The molecule has 10 N–H and O–H groups in total. The molecule has 0 spiro atoms. The van der Waals surface area contributed by atoms with E-state index >= 15 is 0 Å². The number of carboxylic acids is 1. The molecule has 1 aliphatic heterocycles. The smallest absolute Gasteiger partial charge is 0.550 e. The zero-order valence-corrected chi connectivity index (χ0v) is 34.3. The van der Waals surface area contributed by atoms with Crippen molar-refractivity contribution in [3.8, 4) is 17.2 Å². The fourth-order valence-corrected chi connectivity index (χ4v) is 6.58. The van der Waals surface area contributed by atoms with E-state index in [1.54, 1.807) is 6.92 Å². The number of nitrogens with one attached hydrogen (secondary N) is 1. The van der Waals surface area contributed by atoms with Crippen LogP contribution < -0.4 is 50.5 Å². The molecule has 20 heteroatoms. The van der Waals surface area contributed by atoms with Crippen LogP contribution in [0, 0.1) is 5.41 Å². The number of aromatic hydroxyl groups is 2. The molecule has 0 aromatic heterocycles. The van der Waals surface area contributed by atoms with Crippen molar-refractivity contribution in [3.05, 3.63) is 51.6 Å². The summed E-state index contributed by atoms with van der Waals surface area (Å²) in [5.41, 5.74) is 1.42. The largest absolute Gasteiger partial charge is 1.00 e. The number of carbonyl (C=O) groups is 5. The Bertz CT molecular complexity index is 1810. The van der Waals surface area contributed by atoms with Gasteiger partial charge in [-0.3, -0.25) is 19.2 Å². The normalized spacial score (nSPS) is 24.4. The summed E-state index contributed by atoms with van der Waals surface area (Å²) in [5.74, 6) is -5.75. The Kier molecular flexibility index (Phi) is 17.0. The van der Waals surface area contributed by atoms with E-state index in [1.165, 1.54) is 39.2 Å². The number of fused-ring (bicyclic) bond motifs is 3. The van der Waals surface area contributed by atoms with Crippen molar-refractivity contribution < 1.29 is 109 Å². The zero-order valence-electron chi connectivity index (χ0n) is 31.4. The maximum absolute atomic E-state index is 13.6. The number of ether oxygens (including phenoxy) is 3. The Morgan fingerprint density at radius 3 is 2.29 bits per heavy atom. The number of nitrogens with two attached hydrogens (primary N) is 1. The average molecular weight is 821 g/mol. The number of rotatable bonds is 11. The summed E-state index contributed by atoms with van der Waals surface area (Å²) in [6.45, 7) is 3.16. The third-order valence-electron chi connectivity index (χ3n) is 9.83. The second kappa shape index (κ2) is 19.5. The number of hydrogen-bond acceptors (Lipinski definition) is 17. The number of halogens is 1. The minimum Gasteiger partial charge on any atom is -0.550 e. The molecule has 18 nitrogen and oxygen atoms in total. The molecule has 2 aliphatic carbocycles.